The van der Waals surface area contributed by atoms with Crippen molar-refractivity contribution in [1.82, 2.24) is 9.62 Å². The minimum atomic E-state index is -3.63. The highest BCUT2D eigenvalue weighted by atomic mass is 32.2. The number of sulfonamides is 2. The first-order chi connectivity index (χ1) is 14.4. The van der Waals surface area contributed by atoms with E-state index in [-0.39, 0.29) is 24.6 Å². The summed E-state index contributed by atoms with van der Waals surface area (Å²) < 4.78 is 55.9. The summed E-state index contributed by atoms with van der Waals surface area (Å²) in [5.74, 6) is -0.0219. The van der Waals surface area contributed by atoms with E-state index in [0.717, 1.165) is 20.4 Å². The Balaban J connectivity index is 1.88. The Morgan fingerprint density at radius 2 is 1.55 bits per heavy atom. The lowest BCUT2D eigenvalue weighted by atomic mass is 10.2. The largest absolute Gasteiger partial charge is 0.492 e. The number of nitrogens with zero attached hydrogens (tertiary/aromatic N) is 2. The number of hydrogen-bond acceptors (Lipinski definition) is 6. The first-order valence-corrected chi connectivity index (χ1v) is 12.7. The molecule has 0 spiro atoms. The molecule has 2 aromatic rings. The zero-order valence-corrected chi connectivity index (χ0v) is 19.5. The van der Waals surface area contributed by atoms with Crippen molar-refractivity contribution in [3.05, 3.63) is 54.1 Å². The standard InChI is InChI=1S/C20H27N3O6S2/c1-16-5-7-17(8-6-16)23(30(4,25)26)15-20(24)21-13-14-29-18-9-11-19(12-10-18)31(27,28)22(2)3/h5-12H,13-15H2,1-4H3,(H,21,24). The third kappa shape index (κ3) is 6.94. The van der Waals surface area contributed by atoms with Crippen LogP contribution in [0, 0.1) is 6.92 Å². The van der Waals surface area contributed by atoms with Gasteiger partial charge in [-0.15, -0.1) is 0 Å². The lowest BCUT2D eigenvalue weighted by Gasteiger charge is -2.22. The van der Waals surface area contributed by atoms with Gasteiger partial charge < -0.3 is 10.1 Å². The quantitative estimate of drug-likeness (QED) is 0.523. The molecule has 1 N–H and O–H groups in total. The van der Waals surface area contributed by atoms with Crippen molar-refractivity contribution in [2.24, 2.45) is 0 Å². The van der Waals surface area contributed by atoms with Crippen LogP contribution in [-0.2, 0) is 24.8 Å². The fourth-order valence-electron chi connectivity index (χ4n) is 2.58. The molecule has 2 rings (SSSR count). The number of amides is 1. The summed E-state index contributed by atoms with van der Waals surface area (Å²) in [6.45, 7) is 1.83. The van der Waals surface area contributed by atoms with E-state index >= 15 is 0 Å². The number of anilines is 1. The Morgan fingerprint density at radius 1 is 0.968 bits per heavy atom. The molecular formula is C20H27N3O6S2. The van der Waals surface area contributed by atoms with Gasteiger partial charge in [-0.3, -0.25) is 9.10 Å². The van der Waals surface area contributed by atoms with Crippen LogP contribution in [-0.4, -0.2) is 67.1 Å². The normalized spacial score (nSPS) is 11.9. The highest BCUT2D eigenvalue weighted by Gasteiger charge is 2.20. The second-order valence-corrected chi connectivity index (χ2v) is 11.1. The predicted molar refractivity (Wildman–Crippen MR) is 119 cm³/mol. The zero-order chi connectivity index (χ0) is 23.2. The minimum absolute atomic E-state index is 0.134. The average Bonchev–Trinajstić information content (AvgIpc) is 2.69. The summed E-state index contributed by atoms with van der Waals surface area (Å²) in [4.78, 5) is 12.4. The lowest BCUT2D eigenvalue weighted by molar-refractivity contribution is -0.119. The van der Waals surface area contributed by atoms with E-state index in [1.54, 1.807) is 24.3 Å². The summed E-state index contributed by atoms with van der Waals surface area (Å²) >= 11 is 0. The van der Waals surface area contributed by atoms with Crippen molar-refractivity contribution in [2.75, 3.05) is 44.4 Å². The Kier molecular flexibility index (Phi) is 8.04. The van der Waals surface area contributed by atoms with Crippen LogP contribution < -0.4 is 14.4 Å². The van der Waals surface area contributed by atoms with Gasteiger partial charge in [0.25, 0.3) is 0 Å². The van der Waals surface area contributed by atoms with Crippen molar-refractivity contribution >= 4 is 31.6 Å². The van der Waals surface area contributed by atoms with Crippen molar-refractivity contribution in [3.8, 4) is 5.75 Å². The smallest absolute Gasteiger partial charge is 0.242 e. The molecule has 0 aromatic heterocycles. The molecule has 0 aliphatic rings. The van der Waals surface area contributed by atoms with Crippen LogP contribution in [0.2, 0.25) is 0 Å². The number of carbonyl (C=O) groups excluding carboxylic acids is 1. The molecule has 0 saturated carbocycles. The molecule has 0 radical (unpaired) electrons. The number of nitrogens with one attached hydrogen (secondary N) is 1. The van der Waals surface area contributed by atoms with Gasteiger partial charge in [0.15, 0.2) is 0 Å². The lowest BCUT2D eigenvalue weighted by Crippen LogP contribution is -2.41. The van der Waals surface area contributed by atoms with Gasteiger partial charge in [0.1, 0.15) is 18.9 Å². The maximum Gasteiger partial charge on any atom is 0.242 e. The van der Waals surface area contributed by atoms with Gasteiger partial charge in [-0.2, -0.15) is 0 Å². The third-order valence-electron chi connectivity index (χ3n) is 4.30. The monoisotopic (exact) mass is 469 g/mol. The van der Waals surface area contributed by atoms with Crippen LogP contribution >= 0.6 is 0 Å². The Bertz CT molecular complexity index is 1100. The number of hydrogen-bond donors (Lipinski definition) is 1. The topological polar surface area (TPSA) is 113 Å². The summed E-state index contributed by atoms with van der Waals surface area (Å²) in [6.07, 6.45) is 1.05. The number of aryl methyl sites for hydroxylation is 1. The summed E-state index contributed by atoms with van der Waals surface area (Å²) in [5.41, 5.74) is 1.39. The van der Waals surface area contributed by atoms with Crippen molar-refractivity contribution < 1.29 is 26.4 Å². The first kappa shape index (κ1) is 24.6. The number of ether oxygens (including phenoxy) is 1. The first-order valence-electron chi connectivity index (χ1n) is 9.38. The molecule has 0 aliphatic carbocycles. The fourth-order valence-corrected chi connectivity index (χ4v) is 4.33. The van der Waals surface area contributed by atoms with Crippen molar-refractivity contribution in [1.29, 1.82) is 0 Å². The molecule has 170 valence electrons. The highest BCUT2D eigenvalue weighted by molar-refractivity contribution is 7.92. The van der Waals surface area contributed by atoms with E-state index in [1.165, 1.54) is 38.4 Å². The fraction of sp³-hybridized carbons (Fsp3) is 0.350. The van der Waals surface area contributed by atoms with Gasteiger partial charge in [0.05, 0.1) is 23.4 Å². The maximum absolute atomic E-state index is 12.2. The molecule has 0 bridgehead atoms. The zero-order valence-electron chi connectivity index (χ0n) is 17.9. The van der Waals surface area contributed by atoms with Crippen molar-refractivity contribution in [2.45, 2.75) is 11.8 Å². The van der Waals surface area contributed by atoms with Crippen LogP contribution in [0.25, 0.3) is 0 Å². The number of rotatable bonds is 10. The Hall–Kier alpha value is -2.63. The van der Waals surface area contributed by atoms with Crippen LogP contribution in [0.4, 0.5) is 5.69 Å². The summed E-state index contributed by atoms with van der Waals surface area (Å²) in [7, 11) is -4.24. The Labute approximate surface area is 183 Å². The molecular weight excluding hydrogens is 442 g/mol. The van der Waals surface area contributed by atoms with Gasteiger partial charge in [0.2, 0.25) is 26.0 Å². The number of carbonyl (C=O) groups is 1. The second-order valence-electron chi connectivity index (χ2n) is 7.06. The molecule has 0 unspecified atom stereocenters. The Morgan fingerprint density at radius 3 is 2.06 bits per heavy atom. The summed E-state index contributed by atoms with van der Waals surface area (Å²) in [5, 5.41) is 2.61. The molecule has 0 atom stereocenters. The van der Waals surface area contributed by atoms with Gasteiger partial charge in [-0.1, -0.05) is 17.7 Å². The molecule has 0 saturated heterocycles. The molecule has 2 aromatic carbocycles. The molecule has 0 heterocycles. The molecule has 31 heavy (non-hydrogen) atoms. The maximum atomic E-state index is 12.2. The van der Waals surface area contributed by atoms with E-state index < -0.39 is 26.0 Å². The van der Waals surface area contributed by atoms with Gasteiger partial charge >= 0.3 is 0 Å². The molecule has 0 aliphatic heterocycles. The average molecular weight is 470 g/mol. The van der Waals surface area contributed by atoms with Crippen LogP contribution in [0.1, 0.15) is 5.56 Å². The van der Waals surface area contributed by atoms with E-state index in [9.17, 15) is 21.6 Å². The van der Waals surface area contributed by atoms with Crippen LogP contribution in [0.3, 0.4) is 0 Å². The van der Waals surface area contributed by atoms with E-state index in [0.29, 0.717) is 11.4 Å². The van der Waals surface area contributed by atoms with Crippen molar-refractivity contribution in [3.63, 3.8) is 0 Å². The second kappa shape index (κ2) is 10.1. The minimum Gasteiger partial charge on any atom is -0.492 e. The highest BCUT2D eigenvalue weighted by Crippen LogP contribution is 2.19. The number of benzene rings is 2. The van der Waals surface area contributed by atoms with Gasteiger partial charge in [-0.05, 0) is 43.3 Å². The van der Waals surface area contributed by atoms with Gasteiger partial charge in [-0.25, -0.2) is 21.1 Å². The molecule has 11 heteroatoms. The predicted octanol–water partition coefficient (Wildman–Crippen LogP) is 1.21. The summed E-state index contributed by atoms with van der Waals surface area (Å²) in [6, 6.07) is 12.8. The van der Waals surface area contributed by atoms with E-state index in [1.807, 2.05) is 6.92 Å². The third-order valence-corrected chi connectivity index (χ3v) is 7.27. The SMILES string of the molecule is Cc1ccc(N(CC(=O)NCCOc2ccc(S(=O)(=O)N(C)C)cc2)S(C)(=O)=O)cc1. The van der Waals surface area contributed by atoms with Crippen LogP contribution in [0.5, 0.6) is 5.75 Å². The van der Waals surface area contributed by atoms with Gasteiger partial charge in [0, 0.05) is 14.1 Å². The molecule has 0 fully saturated rings. The van der Waals surface area contributed by atoms with E-state index in [2.05, 4.69) is 5.32 Å². The van der Waals surface area contributed by atoms with Crippen LogP contribution in [0.15, 0.2) is 53.4 Å². The molecule has 1 amide bonds. The molecule has 9 nitrogen and oxygen atoms in total. The van der Waals surface area contributed by atoms with E-state index in [4.69, 9.17) is 4.74 Å².